The average Bonchev–Trinajstić information content (AvgIpc) is 2.88. The molecule has 210 valence electrons. The maximum Gasteiger partial charge on any atom is 0.221 e. The molecular weight excluding hydrogens is 464 g/mol. The van der Waals surface area contributed by atoms with Crippen molar-refractivity contribution in [2.45, 2.75) is 51.4 Å². The van der Waals surface area contributed by atoms with Crippen LogP contribution in [0.15, 0.2) is 0 Å². The van der Waals surface area contributed by atoms with Crippen LogP contribution in [0.3, 0.4) is 0 Å². The summed E-state index contributed by atoms with van der Waals surface area (Å²) in [5.41, 5.74) is 21.9. The third kappa shape index (κ3) is 20.3. The molecule has 0 bridgehead atoms. The van der Waals surface area contributed by atoms with Crippen LogP contribution in [0.25, 0.3) is 0 Å². The Morgan fingerprint density at radius 3 is 1.17 bits per heavy atom. The molecule has 0 aromatic carbocycles. The Bertz CT molecular complexity index is 521. The Balaban J connectivity index is 5.00. The number of hydrogen-bond donors (Lipinski definition) is 6. The third-order valence-corrected chi connectivity index (χ3v) is 5.71. The second-order valence-electron chi connectivity index (χ2n) is 8.82. The van der Waals surface area contributed by atoms with Gasteiger partial charge in [-0.05, 0) is 25.9 Å². The van der Waals surface area contributed by atoms with Crippen LogP contribution in [-0.2, 0) is 19.2 Å². The van der Waals surface area contributed by atoms with Gasteiger partial charge in [0.2, 0.25) is 11.8 Å². The maximum atomic E-state index is 12.2. The van der Waals surface area contributed by atoms with Crippen molar-refractivity contribution in [1.29, 1.82) is 0 Å². The second-order valence-corrected chi connectivity index (χ2v) is 8.82. The number of rotatable bonds is 25. The molecule has 12 heteroatoms. The highest BCUT2D eigenvalue weighted by Crippen LogP contribution is 2.04. The van der Waals surface area contributed by atoms with Gasteiger partial charge in [-0.3, -0.25) is 19.2 Å². The predicted octanol–water partition coefficient (Wildman–Crippen LogP) is -2.08. The van der Waals surface area contributed by atoms with Crippen LogP contribution in [0.1, 0.15) is 51.4 Å². The molecule has 0 aliphatic rings. The SMILES string of the molecule is NCCCC(=O)CCN(CCC(=O)NCCN)CCN(CCC(=O)CCCN)CCC(=O)NCCN. The van der Waals surface area contributed by atoms with E-state index in [9.17, 15) is 19.2 Å². The maximum absolute atomic E-state index is 12.2. The van der Waals surface area contributed by atoms with Gasteiger partial charge < -0.3 is 43.4 Å². The molecule has 0 aromatic heterocycles. The largest absolute Gasteiger partial charge is 0.355 e. The van der Waals surface area contributed by atoms with Gasteiger partial charge >= 0.3 is 0 Å². The molecule has 0 saturated carbocycles. The Hall–Kier alpha value is -1.96. The highest BCUT2D eigenvalue weighted by molar-refractivity contribution is 5.79. The first-order valence-corrected chi connectivity index (χ1v) is 13.2. The molecule has 0 fully saturated rings. The van der Waals surface area contributed by atoms with Crippen molar-refractivity contribution in [2.75, 3.05) is 78.5 Å². The fraction of sp³-hybridized carbons (Fsp3) is 0.833. The number of nitrogens with two attached hydrogens (primary N) is 4. The Morgan fingerprint density at radius 2 is 0.833 bits per heavy atom. The molecule has 12 nitrogen and oxygen atoms in total. The highest BCUT2D eigenvalue weighted by Gasteiger charge is 2.15. The molecule has 2 amide bonds. The van der Waals surface area contributed by atoms with Crippen molar-refractivity contribution < 1.29 is 19.2 Å². The van der Waals surface area contributed by atoms with Gasteiger partial charge in [-0.1, -0.05) is 0 Å². The molecule has 0 heterocycles. The van der Waals surface area contributed by atoms with Gasteiger partial charge in [0.05, 0.1) is 0 Å². The summed E-state index contributed by atoms with van der Waals surface area (Å²) in [5.74, 6) is 0.131. The summed E-state index contributed by atoms with van der Waals surface area (Å²) in [4.78, 5) is 52.6. The minimum absolute atomic E-state index is 0.0844. The third-order valence-electron chi connectivity index (χ3n) is 5.71. The van der Waals surface area contributed by atoms with E-state index in [1.807, 2.05) is 0 Å². The normalized spacial score (nSPS) is 11.2. The van der Waals surface area contributed by atoms with E-state index in [2.05, 4.69) is 20.4 Å². The van der Waals surface area contributed by atoms with E-state index in [1.165, 1.54) is 0 Å². The Morgan fingerprint density at radius 1 is 0.472 bits per heavy atom. The van der Waals surface area contributed by atoms with Crippen molar-refractivity contribution in [3.63, 3.8) is 0 Å². The summed E-state index contributed by atoms with van der Waals surface area (Å²) in [7, 11) is 0. The van der Waals surface area contributed by atoms with Crippen LogP contribution in [0.5, 0.6) is 0 Å². The Kier molecular flexibility index (Phi) is 22.2. The second kappa shape index (κ2) is 23.4. The van der Waals surface area contributed by atoms with E-state index in [-0.39, 0.29) is 23.4 Å². The lowest BCUT2D eigenvalue weighted by Crippen LogP contribution is -2.40. The number of nitrogens with zero attached hydrogens (tertiary/aromatic N) is 2. The standard InChI is InChI=1S/C24H50N8O4/c25-9-1-3-21(33)5-15-31(17-7-23(35)29-13-11-27)19-20-32(16-6-22(34)4-2-10-26)18-8-24(36)30-14-12-28/h1-20,25-28H2,(H,29,35)(H,30,36). The lowest BCUT2D eigenvalue weighted by Gasteiger charge is -2.27. The Labute approximate surface area is 216 Å². The molecule has 0 aliphatic heterocycles. The molecule has 0 spiro atoms. The van der Waals surface area contributed by atoms with Crippen molar-refractivity contribution in [1.82, 2.24) is 20.4 Å². The fourth-order valence-corrected chi connectivity index (χ4v) is 3.49. The van der Waals surface area contributed by atoms with Crippen LogP contribution in [0.2, 0.25) is 0 Å². The summed E-state index contributed by atoms with van der Waals surface area (Å²) < 4.78 is 0. The lowest BCUT2D eigenvalue weighted by molar-refractivity contribution is -0.122. The number of hydrogen-bond acceptors (Lipinski definition) is 10. The van der Waals surface area contributed by atoms with Crippen LogP contribution in [0.4, 0.5) is 0 Å². The molecule has 0 saturated heterocycles. The molecule has 10 N–H and O–H groups in total. The summed E-state index contributed by atoms with van der Waals surface area (Å²) in [6.45, 7) is 5.85. The molecule has 0 aliphatic carbocycles. The van der Waals surface area contributed by atoms with Gasteiger partial charge in [0.1, 0.15) is 11.6 Å². The summed E-state index contributed by atoms with van der Waals surface area (Å²) in [5, 5.41) is 5.53. The zero-order valence-corrected chi connectivity index (χ0v) is 22.0. The quantitative estimate of drug-likeness (QED) is 0.0784. The number of ketones is 2. The smallest absolute Gasteiger partial charge is 0.221 e. The van der Waals surface area contributed by atoms with Crippen LogP contribution < -0.4 is 33.6 Å². The number of Topliss-reactive ketones (excluding diaryl/α,β-unsaturated/α-hetero) is 2. The minimum atomic E-state index is -0.0844. The summed E-state index contributed by atoms with van der Waals surface area (Å²) in [6.07, 6.45) is 3.63. The van der Waals surface area contributed by atoms with Crippen LogP contribution in [0, 0.1) is 0 Å². The number of amides is 2. The average molecular weight is 515 g/mol. The van der Waals surface area contributed by atoms with Gasteiger partial charge in [0.15, 0.2) is 0 Å². The van der Waals surface area contributed by atoms with Crippen molar-refractivity contribution in [3.8, 4) is 0 Å². The predicted molar refractivity (Wildman–Crippen MR) is 142 cm³/mol. The first-order valence-electron chi connectivity index (χ1n) is 13.2. The minimum Gasteiger partial charge on any atom is -0.355 e. The zero-order valence-electron chi connectivity index (χ0n) is 22.0. The fourth-order valence-electron chi connectivity index (χ4n) is 3.49. The van der Waals surface area contributed by atoms with Gasteiger partial charge in [-0.2, -0.15) is 0 Å². The lowest BCUT2D eigenvalue weighted by atomic mass is 10.1. The number of carbonyl (C=O) groups excluding carboxylic acids is 4. The molecule has 0 aromatic rings. The monoisotopic (exact) mass is 514 g/mol. The van der Waals surface area contributed by atoms with Crippen molar-refractivity contribution in [2.24, 2.45) is 22.9 Å². The van der Waals surface area contributed by atoms with Gasteiger partial charge in [0.25, 0.3) is 0 Å². The van der Waals surface area contributed by atoms with E-state index in [0.29, 0.717) is 130 Å². The van der Waals surface area contributed by atoms with E-state index in [4.69, 9.17) is 22.9 Å². The zero-order chi connectivity index (χ0) is 27.0. The molecule has 0 unspecified atom stereocenters. The van der Waals surface area contributed by atoms with Gasteiger partial charge in [-0.15, -0.1) is 0 Å². The number of nitrogens with one attached hydrogen (secondary N) is 2. The van der Waals surface area contributed by atoms with Crippen LogP contribution in [-0.4, -0.2) is 112 Å². The van der Waals surface area contributed by atoms with E-state index in [0.717, 1.165) is 0 Å². The van der Waals surface area contributed by atoms with E-state index < -0.39 is 0 Å². The molecular formula is C24H50N8O4. The molecule has 36 heavy (non-hydrogen) atoms. The highest BCUT2D eigenvalue weighted by atomic mass is 16.2. The summed E-state index contributed by atoms with van der Waals surface area (Å²) >= 11 is 0. The molecule has 0 atom stereocenters. The van der Waals surface area contributed by atoms with Gasteiger partial charge in [-0.25, -0.2) is 0 Å². The topological polar surface area (TPSA) is 203 Å². The van der Waals surface area contributed by atoms with Crippen LogP contribution >= 0.6 is 0 Å². The summed E-state index contributed by atoms with van der Waals surface area (Å²) in [6, 6.07) is 0. The molecule has 0 rings (SSSR count). The van der Waals surface area contributed by atoms with E-state index in [1.54, 1.807) is 0 Å². The number of carbonyl (C=O) groups is 4. The van der Waals surface area contributed by atoms with Gasteiger partial charge in [0, 0.05) is 104 Å². The van der Waals surface area contributed by atoms with Crippen molar-refractivity contribution >= 4 is 23.4 Å². The first-order chi connectivity index (χ1) is 17.4. The van der Waals surface area contributed by atoms with E-state index >= 15 is 0 Å². The molecule has 0 radical (unpaired) electrons. The van der Waals surface area contributed by atoms with Crippen molar-refractivity contribution in [3.05, 3.63) is 0 Å². The first kappa shape index (κ1) is 34.0.